The van der Waals surface area contributed by atoms with Crippen molar-refractivity contribution >= 4 is 11.9 Å². The highest BCUT2D eigenvalue weighted by atomic mass is 16.5. The molecule has 0 bridgehead atoms. The van der Waals surface area contributed by atoms with Crippen molar-refractivity contribution in [3.8, 4) is 5.75 Å². The van der Waals surface area contributed by atoms with E-state index in [9.17, 15) is 9.59 Å². The molecule has 0 aliphatic heterocycles. The zero-order valence-corrected chi connectivity index (χ0v) is 12.9. The number of carboxylic acid groups (broad SMARTS) is 1. The molecule has 0 aliphatic carbocycles. The number of nitrogens with one attached hydrogen (secondary N) is 1. The number of rotatable bonds is 7. The molecular formula is C18H19NO4. The van der Waals surface area contributed by atoms with Crippen LogP contribution in [-0.4, -0.2) is 17.0 Å². The Labute approximate surface area is 134 Å². The number of benzene rings is 2. The minimum Gasteiger partial charge on any atom is -0.481 e. The lowest BCUT2D eigenvalue weighted by atomic mass is 9.96. The molecule has 2 aromatic carbocycles. The number of hydrogen-bond acceptors (Lipinski definition) is 3. The molecule has 1 unspecified atom stereocenters. The second-order valence-electron chi connectivity index (χ2n) is 5.18. The van der Waals surface area contributed by atoms with Crippen LogP contribution < -0.4 is 10.1 Å². The van der Waals surface area contributed by atoms with E-state index in [1.54, 1.807) is 24.3 Å². The van der Waals surface area contributed by atoms with Gasteiger partial charge in [-0.2, -0.15) is 0 Å². The molecular weight excluding hydrogens is 294 g/mol. The van der Waals surface area contributed by atoms with Gasteiger partial charge in [-0.3, -0.25) is 9.59 Å². The zero-order chi connectivity index (χ0) is 16.7. The standard InChI is InChI=1S/C18H19NO4/c1-14(20)19-18(13-12-17(21)22,15-8-4-2-5-9-15)23-16-10-6-3-7-11-16/h2-11H,12-13H2,1H3,(H,19,20)(H,21,22). The van der Waals surface area contributed by atoms with Crippen LogP contribution in [0.15, 0.2) is 60.7 Å². The Morgan fingerprint density at radius 2 is 1.61 bits per heavy atom. The number of amides is 1. The molecule has 0 spiro atoms. The maximum Gasteiger partial charge on any atom is 0.303 e. The van der Waals surface area contributed by atoms with E-state index in [-0.39, 0.29) is 18.7 Å². The lowest BCUT2D eigenvalue weighted by Gasteiger charge is -2.35. The quantitative estimate of drug-likeness (QED) is 0.771. The van der Waals surface area contributed by atoms with E-state index in [2.05, 4.69) is 5.32 Å². The van der Waals surface area contributed by atoms with E-state index in [4.69, 9.17) is 9.84 Å². The molecule has 2 N–H and O–H groups in total. The maximum absolute atomic E-state index is 11.7. The first-order valence-corrected chi connectivity index (χ1v) is 7.32. The van der Waals surface area contributed by atoms with E-state index in [0.717, 1.165) is 0 Å². The molecule has 120 valence electrons. The topological polar surface area (TPSA) is 75.6 Å². The lowest BCUT2D eigenvalue weighted by molar-refractivity contribution is -0.140. The number of carboxylic acids is 1. The predicted molar refractivity (Wildman–Crippen MR) is 85.9 cm³/mol. The molecule has 1 amide bonds. The molecule has 5 heteroatoms. The molecule has 1 atom stereocenters. The average molecular weight is 313 g/mol. The summed E-state index contributed by atoms with van der Waals surface area (Å²) in [5.74, 6) is -0.696. The van der Waals surface area contributed by atoms with Gasteiger partial charge < -0.3 is 15.2 Å². The molecule has 0 saturated heterocycles. The fraction of sp³-hybridized carbons (Fsp3) is 0.222. The van der Waals surface area contributed by atoms with Crippen LogP contribution >= 0.6 is 0 Å². The van der Waals surface area contributed by atoms with Gasteiger partial charge in [-0.1, -0.05) is 48.5 Å². The highest BCUT2D eigenvalue weighted by Gasteiger charge is 2.36. The van der Waals surface area contributed by atoms with Crippen molar-refractivity contribution in [1.29, 1.82) is 0 Å². The SMILES string of the molecule is CC(=O)NC(CCC(=O)O)(Oc1ccccc1)c1ccccc1. The number of carbonyl (C=O) groups excluding carboxylic acids is 1. The molecule has 23 heavy (non-hydrogen) atoms. The Morgan fingerprint density at radius 1 is 1.04 bits per heavy atom. The number of aliphatic carboxylic acids is 1. The van der Waals surface area contributed by atoms with Gasteiger partial charge in [0.15, 0.2) is 0 Å². The molecule has 0 fully saturated rings. The van der Waals surface area contributed by atoms with Crippen molar-refractivity contribution < 1.29 is 19.4 Å². The van der Waals surface area contributed by atoms with Crippen molar-refractivity contribution in [1.82, 2.24) is 5.32 Å². The largest absolute Gasteiger partial charge is 0.481 e. The van der Waals surface area contributed by atoms with Crippen molar-refractivity contribution in [2.45, 2.75) is 25.5 Å². The smallest absolute Gasteiger partial charge is 0.303 e. The van der Waals surface area contributed by atoms with E-state index >= 15 is 0 Å². The van der Waals surface area contributed by atoms with Crippen molar-refractivity contribution in [3.05, 3.63) is 66.2 Å². The predicted octanol–water partition coefficient (Wildman–Crippen LogP) is 2.92. The highest BCUT2D eigenvalue weighted by Crippen LogP contribution is 2.30. The van der Waals surface area contributed by atoms with Gasteiger partial charge in [0.25, 0.3) is 0 Å². The normalized spacial score (nSPS) is 12.9. The van der Waals surface area contributed by atoms with E-state index in [1.807, 2.05) is 36.4 Å². The van der Waals surface area contributed by atoms with Gasteiger partial charge >= 0.3 is 5.97 Å². The Morgan fingerprint density at radius 3 is 2.13 bits per heavy atom. The Kier molecular flexibility index (Phi) is 5.36. The molecule has 2 aromatic rings. The third kappa shape index (κ3) is 4.57. The summed E-state index contributed by atoms with van der Waals surface area (Å²) >= 11 is 0. The molecule has 5 nitrogen and oxygen atoms in total. The Hall–Kier alpha value is -2.82. The number of carbonyl (C=O) groups is 2. The summed E-state index contributed by atoms with van der Waals surface area (Å²) in [6.45, 7) is 1.38. The van der Waals surface area contributed by atoms with Crippen LogP contribution in [0.2, 0.25) is 0 Å². The van der Waals surface area contributed by atoms with Crippen molar-refractivity contribution in [2.75, 3.05) is 0 Å². The summed E-state index contributed by atoms with van der Waals surface area (Å²) in [7, 11) is 0. The van der Waals surface area contributed by atoms with Crippen LogP contribution in [0.4, 0.5) is 0 Å². The van der Waals surface area contributed by atoms with Crippen molar-refractivity contribution in [3.63, 3.8) is 0 Å². The van der Waals surface area contributed by atoms with Crippen LogP contribution in [0.3, 0.4) is 0 Å². The van der Waals surface area contributed by atoms with Crippen LogP contribution in [0.5, 0.6) is 5.75 Å². The molecule has 2 rings (SSSR count). The summed E-state index contributed by atoms with van der Waals surface area (Å²) in [5.41, 5.74) is -0.535. The first-order chi connectivity index (χ1) is 11.0. The summed E-state index contributed by atoms with van der Waals surface area (Å²) in [4.78, 5) is 22.8. The number of ether oxygens (including phenoxy) is 1. The Bertz CT molecular complexity index is 657. The van der Waals surface area contributed by atoms with E-state index < -0.39 is 11.7 Å². The summed E-state index contributed by atoms with van der Waals surface area (Å²) in [6, 6.07) is 18.1. The average Bonchev–Trinajstić information content (AvgIpc) is 2.54. The van der Waals surface area contributed by atoms with Gasteiger partial charge in [-0.05, 0) is 12.1 Å². The second-order valence-corrected chi connectivity index (χ2v) is 5.18. The number of para-hydroxylation sites is 1. The van der Waals surface area contributed by atoms with E-state index in [0.29, 0.717) is 11.3 Å². The molecule has 0 heterocycles. The lowest BCUT2D eigenvalue weighted by Crippen LogP contribution is -2.50. The maximum atomic E-state index is 11.7. The van der Waals surface area contributed by atoms with Crippen LogP contribution in [-0.2, 0) is 15.3 Å². The molecule has 0 radical (unpaired) electrons. The van der Waals surface area contributed by atoms with Crippen LogP contribution in [0.25, 0.3) is 0 Å². The summed E-state index contributed by atoms with van der Waals surface area (Å²) < 4.78 is 6.05. The highest BCUT2D eigenvalue weighted by molar-refractivity contribution is 5.74. The van der Waals surface area contributed by atoms with Gasteiger partial charge in [0, 0.05) is 18.9 Å². The van der Waals surface area contributed by atoms with Gasteiger partial charge in [0.2, 0.25) is 11.6 Å². The van der Waals surface area contributed by atoms with Crippen LogP contribution in [0, 0.1) is 0 Å². The van der Waals surface area contributed by atoms with Gasteiger partial charge in [-0.25, -0.2) is 0 Å². The first kappa shape index (κ1) is 16.5. The zero-order valence-electron chi connectivity index (χ0n) is 12.9. The third-order valence-corrected chi connectivity index (χ3v) is 3.34. The van der Waals surface area contributed by atoms with Gasteiger partial charge in [0.1, 0.15) is 5.75 Å². The Balaban J connectivity index is 2.44. The molecule has 0 aromatic heterocycles. The minimum absolute atomic E-state index is 0.112. The molecule has 0 aliphatic rings. The summed E-state index contributed by atoms with van der Waals surface area (Å²) in [6.07, 6.45) is -0.0250. The second kappa shape index (κ2) is 7.45. The van der Waals surface area contributed by atoms with Crippen molar-refractivity contribution in [2.24, 2.45) is 0 Å². The minimum atomic E-state index is -1.23. The summed E-state index contributed by atoms with van der Waals surface area (Å²) in [5, 5.41) is 11.8. The molecule has 0 saturated carbocycles. The number of hydrogen-bond donors (Lipinski definition) is 2. The monoisotopic (exact) mass is 313 g/mol. The van der Waals surface area contributed by atoms with E-state index in [1.165, 1.54) is 6.92 Å². The third-order valence-electron chi connectivity index (χ3n) is 3.34. The first-order valence-electron chi connectivity index (χ1n) is 7.32. The van der Waals surface area contributed by atoms with Gasteiger partial charge in [-0.15, -0.1) is 0 Å². The fourth-order valence-electron chi connectivity index (χ4n) is 2.38. The fourth-order valence-corrected chi connectivity index (χ4v) is 2.38. The van der Waals surface area contributed by atoms with Crippen LogP contribution in [0.1, 0.15) is 25.3 Å². The van der Waals surface area contributed by atoms with Gasteiger partial charge in [0.05, 0.1) is 6.42 Å².